The molecule has 1 saturated heterocycles. The first-order valence-corrected chi connectivity index (χ1v) is 11.8. The molecule has 0 bridgehead atoms. The van der Waals surface area contributed by atoms with Crippen LogP contribution in [0.15, 0.2) is 59.2 Å². The van der Waals surface area contributed by atoms with Crippen molar-refractivity contribution < 1.29 is 4.79 Å². The van der Waals surface area contributed by atoms with E-state index in [2.05, 4.69) is 27.2 Å². The van der Waals surface area contributed by atoms with E-state index in [-0.39, 0.29) is 11.9 Å². The summed E-state index contributed by atoms with van der Waals surface area (Å²) < 4.78 is 0. The number of likely N-dealkylation sites (tertiary alicyclic amines) is 1. The molecule has 1 unspecified atom stereocenters. The van der Waals surface area contributed by atoms with Gasteiger partial charge in [0, 0.05) is 23.2 Å². The summed E-state index contributed by atoms with van der Waals surface area (Å²) in [7, 11) is 2.18. The molecule has 2 aliphatic rings. The van der Waals surface area contributed by atoms with Crippen molar-refractivity contribution in [1.82, 2.24) is 9.88 Å². The molecular formula is C27H33N5O. The molecule has 1 amide bonds. The van der Waals surface area contributed by atoms with Crippen LogP contribution in [0.5, 0.6) is 0 Å². The lowest BCUT2D eigenvalue weighted by Gasteiger charge is -2.17. The minimum atomic E-state index is -0.337. The van der Waals surface area contributed by atoms with E-state index in [1.54, 1.807) is 12.3 Å². The van der Waals surface area contributed by atoms with Crippen molar-refractivity contribution in [3.05, 3.63) is 70.9 Å². The van der Waals surface area contributed by atoms with E-state index in [1.165, 1.54) is 12.8 Å². The molecular weight excluding hydrogens is 410 g/mol. The topological polar surface area (TPSA) is 81.4 Å². The summed E-state index contributed by atoms with van der Waals surface area (Å²) >= 11 is 0. The zero-order chi connectivity index (χ0) is 23.4. The summed E-state index contributed by atoms with van der Waals surface area (Å²) in [4.78, 5) is 24.3. The molecule has 2 aromatic rings. The van der Waals surface area contributed by atoms with Crippen LogP contribution >= 0.6 is 0 Å². The average Bonchev–Trinajstić information content (AvgIpc) is 3.09. The van der Waals surface area contributed by atoms with Crippen molar-refractivity contribution in [3.8, 4) is 0 Å². The molecule has 1 aromatic heterocycles. The summed E-state index contributed by atoms with van der Waals surface area (Å²) in [6, 6.07) is 11.4. The fraction of sp³-hybridized carbons (Fsp3) is 0.407. The van der Waals surface area contributed by atoms with Crippen LogP contribution in [-0.4, -0.2) is 47.4 Å². The number of hydrogen-bond donors (Lipinski definition) is 2. The number of amides is 1. The fourth-order valence-corrected chi connectivity index (χ4v) is 4.57. The molecule has 2 N–H and O–H groups in total. The Labute approximate surface area is 196 Å². The van der Waals surface area contributed by atoms with Crippen LogP contribution in [0.25, 0.3) is 0 Å². The van der Waals surface area contributed by atoms with Crippen molar-refractivity contribution >= 4 is 23.1 Å². The molecule has 4 rings (SSSR count). The number of hydrogen-bond acceptors (Lipinski definition) is 5. The Morgan fingerprint density at radius 2 is 1.91 bits per heavy atom. The number of anilines is 1. The maximum absolute atomic E-state index is 12.9. The van der Waals surface area contributed by atoms with Gasteiger partial charge in [0.2, 0.25) is 0 Å². The highest BCUT2D eigenvalue weighted by molar-refractivity contribution is 6.11. The summed E-state index contributed by atoms with van der Waals surface area (Å²) in [6.07, 6.45) is 7.96. The second kappa shape index (κ2) is 10.2. The number of allylic oxidation sites excluding steroid dienone is 1. The third-order valence-corrected chi connectivity index (χ3v) is 6.55. The zero-order valence-electron chi connectivity index (χ0n) is 19.8. The number of carbonyl (C=O) groups is 1. The molecule has 1 fully saturated rings. The number of nitrogens with zero attached hydrogens (tertiary/aromatic N) is 3. The van der Waals surface area contributed by atoms with E-state index in [1.807, 2.05) is 50.3 Å². The quantitative estimate of drug-likeness (QED) is 0.619. The maximum atomic E-state index is 12.9. The number of aryl methyl sites for hydroxylation is 1. The lowest BCUT2D eigenvalue weighted by atomic mass is 9.91. The molecule has 0 spiro atoms. The molecule has 1 aromatic carbocycles. The van der Waals surface area contributed by atoms with Gasteiger partial charge in [-0.15, -0.1) is 0 Å². The van der Waals surface area contributed by atoms with Gasteiger partial charge in [-0.25, -0.2) is 4.98 Å². The molecule has 2 atom stereocenters. The largest absolute Gasteiger partial charge is 0.307 e. The summed E-state index contributed by atoms with van der Waals surface area (Å²) in [5.74, 6) is 0.924. The van der Waals surface area contributed by atoms with Crippen molar-refractivity contribution in [1.29, 1.82) is 5.41 Å². The number of nitrogens with one attached hydrogen (secondary N) is 2. The van der Waals surface area contributed by atoms with Gasteiger partial charge in [-0.3, -0.25) is 9.79 Å². The molecule has 0 radical (unpaired) electrons. The van der Waals surface area contributed by atoms with Gasteiger partial charge in [-0.1, -0.05) is 30.3 Å². The maximum Gasteiger partial charge on any atom is 0.255 e. The van der Waals surface area contributed by atoms with Gasteiger partial charge in [-0.2, -0.15) is 0 Å². The van der Waals surface area contributed by atoms with Gasteiger partial charge in [0.25, 0.3) is 5.91 Å². The van der Waals surface area contributed by atoms with Gasteiger partial charge in [0.05, 0.1) is 0 Å². The smallest absolute Gasteiger partial charge is 0.255 e. The Morgan fingerprint density at radius 3 is 2.64 bits per heavy atom. The van der Waals surface area contributed by atoms with Crippen LogP contribution in [-0.2, 0) is 4.79 Å². The number of aliphatic imine (C=N–C) groups is 1. The highest BCUT2D eigenvalue weighted by atomic mass is 16.1. The second-order valence-electron chi connectivity index (χ2n) is 9.35. The summed E-state index contributed by atoms with van der Waals surface area (Å²) in [5, 5.41) is 11.5. The second-order valence-corrected chi connectivity index (χ2v) is 9.35. The normalized spacial score (nSPS) is 21.2. The number of aromatic nitrogens is 1. The number of benzene rings is 1. The van der Waals surface area contributed by atoms with Gasteiger partial charge in [0.1, 0.15) is 11.9 Å². The molecule has 6 nitrogen and oxygen atoms in total. The highest BCUT2D eigenvalue weighted by Gasteiger charge is 2.27. The van der Waals surface area contributed by atoms with Gasteiger partial charge in [0.15, 0.2) is 0 Å². The molecule has 0 aliphatic carbocycles. The number of pyridine rings is 1. The highest BCUT2D eigenvalue weighted by Crippen LogP contribution is 2.32. The standard InChI is InChI=1S/C27H33N5O/c1-18-6-11-25(29-17-18)31-27(33)23-15-19(2)30-26(23)22-9-7-21(8-10-22)24(28)16-20-5-4-13-32(3)14-12-20/h6-11,15,17,20,26,28H,4-5,12-14,16H2,1-3H3,(H,29,31,33)/t20?,26-/m1/s1. The van der Waals surface area contributed by atoms with Crippen LogP contribution in [0.3, 0.4) is 0 Å². The van der Waals surface area contributed by atoms with Gasteiger partial charge in [-0.05, 0) is 94.4 Å². The molecule has 3 heterocycles. The van der Waals surface area contributed by atoms with E-state index in [4.69, 9.17) is 5.41 Å². The first kappa shape index (κ1) is 23.1. The summed E-state index contributed by atoms with van der Waals surface area (Å²) in [5.41, 5.74) is 5.09. The lowest BCUT2D eigenvalue weighted by Crippen LogP contribution is -2.19. The number of rotatable bonds is 6. The predicted octanol–water partition coefficient (Wildman–Crippen LogP) is 4.96. The molecule has 172 valence electrons. The molecule has 6 heteroatoms. The SMILES string of the molecule is CC1=N[C@H](c2ccc(C(=N)CC3CCCN(C)CC3)cc2)C(C(=O)Nc2ccc(C)cn2)=C1. The minimum absolute atomic E-state index is 0.188. The van der Waals surface area contributed by atoms with E-state index >= 15 is 0 Å². The summed E-state index contributed by atoms with van der Waals surface area (Å²) in [6.45, 7) is 6.14. The molecule has 33 heavy (non-hydrogen) atoms. The predicted molar refractivity (Wildman–Crippen MR) is 134 cm³/mol. The van der Waals surface area contributed by atoms with E-state index in [0.29, 0.717) is 23.0 Å². The van der Waals surface area contributed by atoms with Crippen LogP contribution < -0.4 is 5.32 Å². The van der Waals surface area contributed by atoms with Crippen LogP contribution in [0.4, 0.5) is 5.82 Å². The van der Waals surface area contributed by atoms with Crippen molar-refractivity contribution in [2.75, 3.05) is 25.5 Å². The lowest BCUT2D eigenvalue weighted by molar-refractivity contribution is -0.113. The Bertz CT molecular complexity index is 1070. The Hall–Kier alpha value is -3.12. The third kappa shape index (κ3) is 5.82. The Morgan fingerprint density at radius 1 is 1.12 bits per heavy atom. The van der Waals surface area contributed by atoms with Crippen LogP contribution in [0.1, 0.15) is 55.3 Å². The van der Waals surface area contributed by atoms with Crippen LogP contribution in [0.2, 0.25) is 0 Å². The fourth-order valence-electron chi connectivity index (χ4n) is 4.57. The van der Waals surface area contributed by atoms with Gasteiger partial charge >= 0.3 is 0 Å². The number of carbonyl (C=O) groups excluding carboxylic acids is 1. The van der Waals surface area contributed by atoms with Gasteiger partial charge < -0.3 is 15.6 Å². The van der Waals surface area contributed by atoms with E-state index in [9.17, 15) is 4.79 Å². The molecule has 2 aliphatic heterocycles. The minimum Gasteiger partial charge on any atom is -0.307 e. The van der Waals surface area contributed by atoms with E-state index in [0.717, 1.165) is 48.3 Å². The average molecular weight is 444 g/mol. The Kier molecular flexibility index (Phi) is 7.14. The first-order valence-electron chi connectivity index (χ1n) is 11.8. The van der Waals surface area contributed by atoms with Crippen molar-refractivity contribution in [3.63, 3.8) is 0 Å². The van der Waals surface area contributed by atoms with Crippen LogP contribution in [0, 0.1) is 18.3 Å². The third-order valence-electron chi connectivity index (χ3n) is 6.55. The van der Waals surface area contributed by atoms with E-state index < -0.39 is 0 Å². The van der Waals surface area contributed by atoms with Crippen molar-refractivity contribution in [2.45, 2.75) is 45.6 Å². The molecule has 0 saturated carbocycles. The Balaban J connectivity index is 1.42. The monoisotopic (exact) mass is 443 g/mol. The zero-order valence-corrected chi connectivity index (χ0v) is 19.8. The first-order chi connectivity index (χ1) is 15.9. The van der Waals surface area contributed by atoms with Crippen molar-refractivity contribution in [2.24, 2.45) is 10.9 Å².